The molecule has 5 heteroatoms. The molecular formula is C17H29N5. The lowest BCUT2D eigenvalue weighted by Crippen LogP contribution is -2.47. The van der Waals surface area contributed by atoms with Gasteiger partial charge < -0.3 is 16.0 Å². The van der Waals surface area contributed by atoms with Crippen LogP contribution in [-0.4, -0.2) is 68.1 Å². The second-order valence-electron chi connectivity index (χ2n) is 5.71. The number of benzene rings is 1. The minimum atomic E-state index is 0.558. The Balaban J connectivity index is 1.58. The van der Waals surface area contributed by atoms with E-state index in [2.05, 4.69) is 51.3 Å². The van der Waals surface area contributed by atoms with E-state index in [1.807, 2.05) is 6.07 Å². The number of rotatable bonds is 7. The van der Waals surface area contributed by atoms with Crippen LogP contribution in [0.4, 0.5) is 0 Å². The van der Waals surface area contributed by atoms with Gasteiger partial charge in [-0.15, -0.1) is 0 Å². The Morgan fingerprint density at radius 3 is 2.50 bits per heavy atom. The van der Waals surface area contributed by atoms with E-state index in [0.717, 1.165) is 45.7 Å². The molecule has 2 rings (SSSR count). The first-order chi connectivity index (χ1) is 10.8. The van der Waals surface area contributed by atoms with Crippen LogP contribution in [0.3, 0.4) is 0 Å². The van der Waals surface area contributed by atoms with Gasteiger partial charge in [0.25, 0.3) is 0 Å². The summed E-state index contributed by atoms with van der Waals surface area (Å²) in [6, 6.07) is 10.4. The second-order valence-corrected chi connectivity index (χ2v) is 5.71. The molecule has 0 aromatic heterocycles. The summed E-state index contributed by atoms with van der Waals surface area (Å²) in [5.74, 6) is 0.558. The number of nitrogens with zero attached hydrogens (tertiary/aromatic N) is 3. The molecule has 1 saturated heterocycles. The number of aliphatic imine (C=N–C) groups is 1. The van der Waals surface area contributed by atoms with Crippen LogP contribution in [0.2, 0.25) is 0 Å². The van der Waals surface area contributed by atoms with Crippen molar-refractivity contribution in [2.45, 2.75) is 13.3 Å². The number of nitrogens with two attached hydrogens (primary N) is 1. The SMILES string of the molecule is CCN1CCN(CCN=C(N)NCCc2ccccc2)CC1. The zero-order valence-electron chi connectivity index (χ0n) is 13.7. The predicted molar refractivity (Wildman–Crippen MR) is 93.2 cm³/mol. The van der Waals surface area contributed by atoms with Gasteiger partial charge in [0.1, 0.15) is 0 Å². The molecule has 22 heavy (non-hydrogen) atoms. The van der Waals surface area contributed by atoms with Gasteiger partial charge in [0, 0.05) is 39.3 Å². The molecule has 0 atom stereocenters. The third kappa shape index (κ3) is 6.03. The Morgan fingerprint density at radius 1 is 1.14 bits per heavy atom. The highest BCUT2D eigenvalue weighted by Crippen LogP contribution is 2.00. The fraction of sp³-hybridized carbons (Fsp3) is 0.588. The van der Waals surface area contributed by atoms with Gasteiger partial charge in [0.2, 0.25) is 0 Å². The van der Waals surface area contributed by atoms with Crippen molar-refractivity contribution >= 4 is 5.96 Å². The predicted octanol–water partition coefficient (Wildman–Crippen LogP) is 0.771. The van der Waals surface area contributed by atoms with Crippen molar-refractivity contribution in [3.8, 4) is 0 Å². The molecule has 5 nitrogen and oxygen atoms in total. The highest BCUT2D eigenvalue weighted by atomic mass is 15.3. The molecular weight excluding hydrogens is 274 g/mol. The van der Waals surface area contributed by atoms with Gasteiger partial charge in [0.05, 0.1) is 6.54 Å². The Morgan fingerprint density at radius 2 is 1.82 bits per heavy atom. The molecule has 0 aliphatic carbocycles. The van der Waals surface area contributed by atoms with Crippen molar-refractivity contribution in [3.63, 3.8) is 0 Å². The van der Waals surface area contributed by atoms with E-state index in [0.29, 0.717) is 5.96 Å². The highest BCUT2D eigenvalue weighted by Gasteiger charge is 2.14. The van der Waals surface area contributed by atoms with Crippen LogP contribution in [0, 0.1) is 0 Å². The average molecular weight is 303 g/mol. The number of hydrogen-bond donors (Lipinski definition) is 2. The van der Waals surface area contributed by atoms with Crippen molar-refractivity contribution in [2.24, 2.45) is 10.7 Å². The molecule has 0 saturated carbocycles. The minimum absolute atomic E-state index is 0.558. The highest BCUT2D eigenvalue weighted by molar-refractivity contribution is 5.77. The molecule has 3 N–H and O–H groups in total. The summed E-state index contributed by atoms with van der Waals surface area (Å²) in [4.78, 5) is 9.37. The summed E-state index contributed by atoms with van der Waals surface area (Å²) in [7, 11) is 0. The van der Waals surface area contributed by atoms with Crippen LogP contribution in [0.25, 0.3) is 0 Å². The average Bonchev–Trinajstić information content (AvgIpc) is 2.56. The lowest BCUT2D eigenvalue weighted by Gasteiger charge is -2.33. The fourth-order valence-electron chi connectivity index (χ4n) is 2.68. The number of nitrogens with one attached hydrogen (secondary N) is 1. The quantitative estimate of drug-likeness (QED) is 0.577. The van der Waals surface area contributed by atoms with Crippen LogP contribution in [0.15, 0.2) is 35.3 Å². The zero-order valence-corrected chi connectivity index (χ0v) is 13.7. The van der Waals surface area contributed by atoms with E-state index in [9.17, 15) is 0 Å². The number of piperazine rings is 1. The molecule has 1 aromatic carbocycles. The molecule has 0 unspecified atom stereocenters. The Hall–Kier alpha value is -1.59. The number of likely N-dealkylation sites (N-methyl/N-ethyl adjacent to an activating group) is 1. The minimum Gasteiger partial charge on any atom is -0.370 e. The number of guanidine groups is 1. The van der Waals surface area contributed by atoms with Crippen LogP contribution in [-0.2, 0) is 6.42 Å². The zero-order chi connectivity index (χ0) is 15.6. The summed E-state index contributed by atoms with van der Waals surface area (Å²) < 4.78 is 0. The van der Waals surface area contributed by atoms with Gasteiger partial charge in [-0.2, -0.15) is 0 Å². The van der Waals surface area contributed by atoms with Gasteiger partial charge >= 0.3 is 0 Å². The van der Waals surface area contributed by atoms with Gasteiger partial charge in [-0.3, -0.25) is 9.89 Å². The molecule has 0 bridgehead atoms. The summed E-state index contributed by atoms with van der Waals surface area (Å²) in [6.45, 7) is 10.6. The van der Waals surface area contributed by atoms with E-state index >= 15 is 0 Å². The monoisotopic (exact) mass is 303 g/mol. The van der Waals surface area contributed by atoms with Crippen molar-refractivity contribution in [1.82, 2.24) is 15.1 Å². The van der Waals surface area contributed by atoms with Crippen LogP contribution >= 0.6 is 0 Å². The van der Waals surface area contributed by atoms with Crippen molar-refractivity contribution in [2.75, 3.05) is 52.4 Å². The van der Waals surface area contributed by atoms with Gasteiger partial charge in [-0.05, 0) is 18.5 Å². The molecule has 1 aliphatic rings. The lowest BCUT2D eigenvalue weighted by atomic mass is 10.1. The third-order valence-corrected chi connectivity index (χ3v) is 4.17. The standard InChI is InChI=1S/C17H29N5/c1-2-21-12-14-22(15-13-21)11-10-20-17(18)19-9-8-16-6-4-3-5-7-16/h3-7H,2,8-15H2,1H3,(H3,18,19,20). The molecule has 1 aromatic rings. The van der Waals surface area contributed by atoms with E-state index in [1.54, 1.807) is 0 Å². The first-order valence-electron chi connectivity index (χ1n) is 8.30. The summed E-state index contributed by atoms with van der Waals surface area (Å²) in [5.41, 5.74) is 7.23. The van der Waals surface area contributed by atoms with E-state index < -0.39 is 0 Å². The molecule has 1 fully saturated rings. The van der Waals surface area contributed by atoms with Crippen LogP contribution < -0.4 is 11.1 Å². The smallest absolute Gasteiger partial charge is 0.188 e. The Labute approximate surface area is 134 Å². The normalized spacial score (nSPS) is 17.6. The van der Waals surface area contributed by atoms with Crippen molar-refractivity contribution in [1.29, 1.82) is 0 Å². The molecule has 122 valence electrons. The van der Waals surface area contributed by atoms with Gasteiger partial charge in [-0.1, -0.05) is 37.3 Å². The van der Waals surface area contributed by atoms with E-state index in [4.69, 9.17) is 5.73 Å². The van der Waals surface area contributed by atoms with E-state index in [1.165, 1.54) is 18.7 Å². The molecule has 1 heterocycles. The largest absolute Gasteiger partial charge is 0.370 e. The maximum atomic E-state index is 5.91. The van der Waals surface area contributed by atoms with Gasteiger partial charge in [-0.25, -0.2) is 0 Å². The third-order valence-electron chi connectivity index (χ3n) is 4.17. The summed E-state index contributed by atoms with van der Waals surface area (Å²) in [5, 5.41) is 3.19. The lowest BCUT2D eigenvalue weighted by molar-refractivity contribution is 0.140. The maximum absolute atomic E-state index is 5.91. The first kappa shape index (κ1) is 16.8. The van der Waals surface area contributed by atoms with Crippen LogP contribution in [0.1, 0.15) is 12.5 Å². The Bertz CT molecular complexity index is 438. The molecule has 0 amide bonds. The van der Waals surface area contributed by atoms with Crippen molar-refractivity contribution in [3.05, 3.63) is 35.9 Å². The van der Waals surface area contributed by atoms with Crippen molar-refractivity contribution < 1.29 is 0 Å². The number of hydrogen-bond acceptors (Lipinski definition) is 3. The summed E-state index contributed by atoms with van der Waals surface area (Å²) in [6.07, 6.45) is 0.968. The fourth-order valence-corrected chi connectivity index (χ4v) is 2.68. The first-order valence-corrected chi connectivity index (χ1v) is 8.30. The second kappa shape index (κ2) is 9.43. The molecule has 0 radical (unpaired) electrons. The molecule has 1 aliphatic heterocycles. The Kier molecular flexibility index (Phi) is 7.19. The van der Waals surface area contributed by atoms with Crippen LogP contribution in [0.5, 0.6) is 0 Å². The topological polar surface area (TPSA) is 56.9 Å². The summed E-state index contributed by atoms with van der Waals surface area (Å²) >= 11 is 0. The molecule has 0 spiro atoms. The maximum Gasteiger partial charge on any atom is 0.188 e. The van der Waals surface area contributed by atoms with Gasteiger partial charge in [0.15, 0.2) is 5.96 Å². The van der Waals surface area contributed by atoms with E-state index in [-0.39, 0.29) is 0 Å².